The maximum absolute atomic E-state index is 12.4. The summed E-state index contributed by atoms with van der Waals surface area (Å²) in [7, 11) is 2.18. The maximum atomic E-state index is 12.4. The fraction of sp³-hybridized carbons (Fsp3) is 0.609. The van der Waals surface area contributed by atoms with Crippen molar-refractivity contribution in [3.63, 3.8) is 0 Å². The number of carbonyl (C=O) groups excluding carboxylic acids is 1. The second kappa shape index (κ2) is 8.66. The van der Waals surface area contributed by atoms with Gasteiger partial charge >= 0.3 is 0 Å². The highest BCUT2D eigenvalue weighted by molar-refractivity contribution is 5.85. The van der Waals surface area contributed by atoms with Gasteiger partial charge in [0, 0.05) is 61.8 Å². The molecule has 1 amide bonds. The molecule has 0 radical (unpaired) electrons. The molecule has 2 aliphatic rings. The molecule has 5 heteroatoms. The molecule has 1 aromatic heterocycles. The number of fused-ring (bicyclic) bond motifs is 3. The summed E-state index contributed by atoms with van der Waals surface area (Å²) in [6, 6.07) is 7.05. The number of aromatic nitrogens is 1. The Morgan fingerprint density at radius 1 is 1.18 bits per heavy atom. The zero-order valence-electron chi connectivity index (χ0n) is 17.4. The molecule has 5 nitrogen and oxygen atoms in total. The molecule has 1 atom stereocenters. The van der Waals surface area contributed by atoms with Crippen molar-refractivity contribution in [2.45, 2.75) is 58.0 Å². The molecule has 0 spiro atoms. The zero-order chi connectivity index (χ0) is 19.5. The van der Waals surface area contributed by atoms with Crippen molar-refractivity contribution in [1.82, 2.24) is 20.1 Å². The topological polar surface area (TPSA) is 51.4 Å². The van der Waals surface area contributed by atoms with Crippen LogP contribution in [0, 0.1) is 0 Å². The number of aryl methyl sites for hydroxylation is 2. The van der Waals surface area contributed by atoms with E-state index in [9.17, 15) is 4.79 Å². The van der Waals surface area contributed by atoms with Gasteiger partial charge in [-0.2, -0.15) is 0 Å². The van der Waals surface area contributed by atoms with Gasteiger partial charge in [0.1, 0.15) is 0 Å². The van der Waals surface area contributed by atoms with Crippen molar-refractivity contribution < 1.29 is 4.79 Å². The van der Waals surface area contributed by atoms with Crippen LogP contribution in [0.2, 0.25) is 0 Å². The Kier molecular flexibility index (Phi) is 6.02. The molecule has 1 aliphatic carbocycles. The third kappa shape index (κ3) is 4.41. The van der Waals surface area contributed by atoms with E-state index in [1.165, 1.54) is 53.4 Å². The summed E-state index contributed by atoms with van der Waals surface area (Å²) < 4.78 is 0. The van der Waals surface area contributed by atoms with E-state index in [0.29, 0.717) is 19.0 Å². The Labute approximate surface area is 168 Å². The quantitative estimate of drug-likeness (QED) is 0.807. The highest BCUT2D eigenvalue weighted by atomic mass is 16.1. The summed E-state index contributed by atoms with van der Waals surface area (Å²) in [5, 5.41) is 4.48. The number of hydrogen-bond acceptors (Lipinski definition) is 3. The van der Waals surface area contributed by atoms with E-state index >= 15 is 0 Å². The number of piperazine rings is 1. The Morgan fingerprint density at radius 3 is 2.79 bits per heavy atom. The van der Waals surface area contributed by atoms with E-state index in [2.05, 4.69) is 52.3 Å². The molecule has 2 N–H and O–H groups in total. The van der Waals surface area contributed by atoms with E-state index in [1.54, 1.807) is 0 Å². The van der Waals surface area contributed by atoms with Crippen LogP contribution in [0.15, 0.2) is 18.2 Å². The van der Waals surface area contributed by atoms with Crippen LogP contribution in [0.4, 0.5) is 0 Å². The molecule has 0 saturated carbocycles. The number of aromatic amines is 1. The van der Waals surface area contributed by atoms with Crippen LogP contribution < -0.4 is 5.32 Å². The second-order valence-corrected chi connectivity index (χ2v) is 8.67. The predicted octanol–water partition coefficient (Wildman–Crippen LogP) is 3.08. The first-order chi connectivity index (χ1) is 13.6. The molecule has 1 aromatic carbocycles. The van der Waals surface area contributed by atoms with Crippen LogP contribution in [-0.4, -0.2) is 60.0 Å². The fourth-order valence-corrected chi connectivity index (χ4v) is 4.64. The first-order valence-corrected chi connectivity index (χ1v) is 10.9. The molecule has 1 saturated heterocycles. The molecule has 1 fully saturated rings. The number of rotatable bonds is 6. The first kappa shape index (κ1) is 19.5. The minimum Gasteiger partial charge on any atom is -0.358 e. The number of amides is 1. The number of nitrogens with zero attached hydrogens (tertiary/aromatic N) is 2. The lowest BCUT2D eigenvalue weighted by Gasteiger charge is -2.36. The minimum atomic E-state index is 0.164. The Morgan fingerprint density at radius 2 is 1.96 bits per heavy atom. The van der Waals surface area contributed by atoms with Gasteiger partial charge in [-0.3, -0.25) is 9.69 Å². The summed E-state index contributed by atoms with van der Waals surface area (Å²) >= 11 is 0. The number of hydrogen-bond donors (Lipinski definition) is 2. The van der Waals surface area contributed by atoms with Gasteiger partial charge in [-0.25, -0.2) is 0 Å². The average Bonchev–Trinajstić information content (AvgIpc) is 3.09. The number of carbonyl (C=O) groups is 1. The molecule has 2 heterocycles. The van der Waals surface area contributed by atoms with E-state index in [-0.39, 0.29) is 5.91 Å². The lowest BCUT2D eigenvalue weighted by Crippen LogP contribution is -2.48. The third-order valence-electron chi connectivity index (χ3n) is 6.60. The zero-order valence-corrected chi connectivity index (χ0v) is 17.4. The number of benzene rings is 1. The van der Waals surface area contributed by atoms with Crippen LogP contribution in [0.25, 0.3) is 10.9 Å². The van der Waals surface area contributed by atoms with Crippen LogP contribution in [-0.2, 0) is 24.2 Å². The molecular formula is C23H34N4O. The average molecular weight is 383 g/mol. The van der Waals surface area contributed by atoms with Gasteiger partial charge in [0.15, 0.2) is 0 Å². The summed E-state index contributed by atoms with van der Waals surface area (Å²) in [4.78, 5) is 20.8. The van der Waals surface area contributed by atoms with Gasteiger partial charge in [0.05, 0.1) is 0 Å². The van der Waals surface area contributed by atoms with E-state index in [4.69, 9.17) is 0 Å². The van der Waals surface area contributed by atoms with Gasteiger partial charge in [-0.15, -0.1) is 0 Å². The summed E-state index contributed by atoms with van der Waals surface area (Å²) in [6.07, 6.45) is 6.45. The number of nitrogens with one attached hydrogen (secondary N) is 2. The normalized spacial score (nSPS) is 19.5. The first-order valence-electron chi connectivity index (χ1n) is 10.9. The Hall–Kier alpha value is -1.85. The van der Waals surface area contributed by atoms with Crippen LogP contribution >= 0.6 is 0 Å². The van der Waals surface area contributed by atoms with Gasteiger partial charge in [-0.1, -0.05) is 6.07 Å². The standard InChI is InChI=1S/C23H34N4O/c1-17(27-13-11-26(2)12-14-27)7-10-23(28)24-16-18-8-9-22-20(15-18)19-5-3-4-6-21(19)25-22/h8-9,15,17,25H,3-7,10-14,16H2,1-2H3,(H,24,28)/t17-/m0/s1. The summed E-state index contributed by atoms with van der Waals surface area (Å²) in [5.74, 6) is 0.164. The van der Waals surface area contributed by atoms with Crippen LogP contribution in [0.5, 0.6) is 0 Å². The Balaban J connectivity index is 1.27. The maximum Gasteiger partial charge on any atom is 0.220 e. The van der Waals surface area contributed by atoms with Crippen molar-refractivity contribution >= 4 is 16.8 Å². The van der Waals surface area contributed by atoms with Crippen LogP contribution in [0.1, 0.15) is 49.4 Å². The number of likely N-dealkylation sites (N-methyl/N-ethyl adjacent to an activating group) is 1. The summed E-state index contributed by atoms with van der Waals surface area (Å²) in [5.41, 5.74) is 5.35. The van der Waals surface area contributed by atoms with Crippen molar-refractivity contribution in [2.24, 2.45) is 0 Å². The van der Waals surface area contributed by atoms with Gasteiger partial charge in [-0.05, 0) is 69.3 Å². The van der Waals surface area contributed by atoms with Crippen LogP contribution in [0.3, 0.4) is 0 Å². The lowest BCUT2D eigenvalue weighted by molar-refractivity contribution is -0.121. The molecular weight excluding hydrogens is 348 g/mol. The molecule has 2 aromatic rings. The smallest absolute Gasteiger partial charge is 0.220 e. The van der Waals surface area contributed by atoms with Gasteiger partial charge < -0.3 is 15.2 Å². The van der Waals surface area contributed by atoms with Crippen molar-refractivity contribution in [2.75, 3.05) is 33.2 Å². The highest BCUT2D eigenvalue weighted by Crippen LogP contribution is 2.29. The molecule has 0 bridgehead atoms. The molecule has 28 heavy (non-hydrogen) atoms. The minimum absolute atomic E-state index is 0.164. The predicted molar refractivity (Wildman–Crippen MR) is 115 cm³/mol. The second-order valence-electron chi connectivity index (χ2n) is 8.67. The third-order valence-corrected chi connectivity index (χ3v) is 6.60. The number of H-pyrrole nitrogens is 1. The summed E-state index contributed by atoms with van der Waals surface area (Å²) in [6.45, 7) is 7.35. The molecule has 152 valence electrons. The van der Waals surface area contributed by atoms with Gasteiger partial charge in [0.25, 0.3) is 0 Å². The molecule has 1 aliphatic heterocycles. The van der Waals surface area contributed by atoms with Crippen molar-refractivity contribution in [3.05, 3.63) is 35.0 Å². The largest absolute Gasteiger partial charge is 0.358 e. The van der Waals surface area contributed by atoms with E-state index in [0.717, 1.165) is 32.6 Å². The highest BCUT2D eigenvalue weighted by Gasteiger charge is 2.20. The Bertz CT molecular complexity index is 819. The molecule has 0 unspecified atom stereocenters. The SMILES string of the molecule is C[C@@H](CCC(=O)NCc1ccc2[nH]c3c(c2c1)CCCC3)N1CCN(C)CC1. The van der Waals surface area contributed by atoms with E-state index in [1.807, 2.05) is 0 Å². The van der Waals surface area contributed by atoms with E-state index < -0.39 is 0 Å². The van der Waals surface area contributed by atoms with Crippen molar-refractivity contribution in [3.8, 4) is 0 Å². The molecule has 4 rings (SSSR count). The lowest BCUT2D eigenvalue weighted by atomic mass is 9.95. The van der Waals surface area contributed by atoms with Gasteiger partial charge in [0.2, 0.25) is 5.91 Å². The van der Waals surface area contributed by atoms with Crippen molar-refractivity contribution in [1.29, 1.82) is 0 Å². The monoisotopic (exact) mass is 382 g/mol. The fourth-order valence-electron chi connectivity index (χ4n) is 4.64.